The van der Waals surface area contributed by atoms with Gasteiger partial charge < -0.3 is 10.6 Å². The molecule has 3 rings (SSSR count). The maximum absolute atomic E-state index is 13.1. The first-order valence-corrected chi connectivity index (χ1v) is 9.44. The van der Waals surface area contributed by atoms with Crippen LogP contribution in [0, 0.1) is 13.8 Å². The van der Waals surface area contributed by atoms with E-state index in [9.17, 15) is 27.6 Å². The lowest BCUT2D eigenvalue weighted by Gasteiger charge is -2.15. The van der Waals surface area contributed by atoms with Gasteiger partial charge in [-0.3, -0.25) is 14.4 Å². The predicted molar refractivity (Wildman–Crippen MR) is 113 cm³/mol. The monoisotopic (exact) mass is 444 g/mol. The van der Waals surface area contributed by atoms with Crippen molar-refractivity contribution in [2.24, 2.45) is 0 Å². The SMILES string of the molecule is CC(=O)Nc1ccc(C)cc1NC(=O)c1nn(-c2cccc(C(F)(F)F)c2)c(C)cc1=O. The quantitative estimate of drug-likeness (QED) is 0.634. The number of carbonyl (C=O) groups is 2. The molecule has 0 bridgehead atoms. The molecule has 7 nitrogen and oxygen atoms in total. The molecular weight excluding hydrogens is 425 g/mol. The fourth-order valence-electron chi connectivity index (χ4n) is 3.02. The highest BCUT2D eigenvalue weighted by Crippen LogP contribution is 2.30. The first-order chi connectivity index (χ1) is 15.0. The van der Waals surface area contributed by atoms with Crippen molar-refractivity contribution in [2.75, 3.05) is 10.6 Å². The number of nitrogens with zero attached hydrogens (tertiary/aromatic N) is 2. The van der Waals surface area contributed by atoms with Crippen LogP contribution in [0.4, 0.5) is 24.5 Å². The van der Waals surface area contributed by atoms with Gasteiger partial charge in [0.1, 0.15) is 0 Å². The van der Waals surface area contributed by atoms with Crippen molar-refractivity contribution in [2.45, 2.75) is 26.9 Å². The molecule has 0 aliphatic heterocycles. The lowest BCUT2D eigenvalue weighted by atomic mass is 10.1. The van der Waals surface area contributed by atoms with Gasteiger partial charge in [0, 0.05) is 18.7 Å². The zero-order valence-corrected chi connectivity index (χ0v) is 17.4. The summed E-state index contributed by atoms with van der Waals surface area (Å²) in [6.45, 7) is 4.57. The van der Waals surface area contributed by atoms with Crippen LogP contribution in [0.3, 0.4) is 0 Å². The van der Waals surface area contributed by atoms with Gasteiger partial charge in [0.25, 0.3) is 5.91 Å². The van der Waals surface area contributed by atoms with Crippen molar-refractivity contribution in [1.29, 1.82) is 0 Å². The highest BCUT2D eigenvalue weighted by Gasteiger charge is 2.30. The number of nitrogens with one attached hydrogen (secondary N) is 2. The van der Waals surface area contributed by atoms with Crippen molar-refractivity contribution < 1.29 is 22.8 Å². The number of hydrogen-bond donors (Lipinski definition) is 2. The molecule has 0 spiro atoms. The zero-order chi connectivity index (χ0) is 23.6. The van der Waals surface area contributed by atoms with Gasteiger partial charge in [0.15, 0.2) is 5.69 Å². The molecule has 1 heterocycles. The molecular formula is C22H19F3N4O3. The largest absolute Gasteiger partial charge is 0.416 e. The van der Waals surface area contributed by atoms with Crippen molar-refractivity contribution >= 4 is 23.2 Å². The predicted octanol–water partition coefficient (Wildman–Crippen LogP) is 4.08. The van der Waals surface area contributed by atoms with Crippen molar-refractivity contribution in [1.82, 2.24) is 9.78 Å². The standard InChI is InChI=1S/C22H19F3N4O3/c1-12-7-8-17(26-14(3)30)18(9-12)27-21(32)20-19(31)10-13(2)29(28-20)16-6-4-5-15(11-16)22(23,24)25/h4-11H,1-3H3,(H,26,30)(H,27,32). The maximum atomic E-state index is 13.1. The van der Waals surface area contributed by atoms with E-state index in [4.69, 9.17) is 0 Å². The molecule has 32 heavy (non-hydrogen) atoms. The van der Waals surface area contributed by atoms with Crippen LogP contribution in [-0.2, 0) is 11.0 Å². The minimum Gasteiger partial charge on any atom is -0.325 e. The van der Waals surface area contributed by atoms with Gasteiger partial charge in [-0.05, 0) is 49.7 Å². The van der Waals surface area contributed by atoms with E-state index >= 15 is 0 Å². The van der Waals surface area contributed by atoms with E-state index in [0.29, 0.717) is 5.69 Å². The summed E-state index contributed by atoms with van der Waals surface area (Å²) in [5.41, 5.74) is -0.450. The summed E-state index contributed by atoms with van der Waals surface area (Å²) in [4.78, 5) is 36.7. The number of carbonyl (C=O) groups excluding carboxylic acids is 2. The minimum atomic E-state index is -4.56. The van der Waals surface area contributed by atoms with Crippen LogP contribution in [-0.4, -0.2) is 21.6 Å². The maximum Gasteiger partial charge on any atom is 0.416 e. The minimum absolute atomic E-state index is 0.0425. The highest BCUT2D eigenvalue weighted by molar-refractivity contribution is 6.06. The summed E-state index contributed by atoms with van der Waals surface area (Å²) in [6, 6.07) is 10.4. The van der Waals surface area contributed by atoms with E-state index in [-0.39, 0.29) is 23.0 Å². The third-order valence-electron chi connectivity index (χ3n) is 4.47. The van der Waals surface area contributed by atoms with E-state index in [0.717, 1.165) is 28.4 Å². The van der Waals surface area contributed by atoms with Crippen LogP contribution >= 0.6 is 0 Å². The van der Waals surface area contributed by atoms with Crippen molar-refractivity contribution in [3.05, 3.63) is 81.3 Å². The van der Waals surface area contributed by atoms with E-state index in [1.54, 1.807) is 25.1 Å². The van der Waals surface area contributed by atoms with Crippen molar-refractivity contribution in [3.8, 4) is 5.69 Å². The first-order valence-electron chi connectivity index (χ1n) is 9.44. The Balaban J connectivity index is 2.02. The Morgan fingerprint density at radius 1 is 0.969 bits per heavy atom. The lowest BCUT2D eigenvalue weighted by Crippen LogP contribution is -2.27. The topological polar surface area (TPSA) is 93.1 Å². The number of aryl methyl sites for hydroxylation is 2. The van der Waals surface area contributed by atoms with Crippen LogP contribution < -0.4 is 16.1 Å². The van der Waals surface area contributed by atoms with Crippen molar-refractivity contribution in [3.63, 3.8) is 0 Å². The Kier molecular flexibility index (Phi) is 6.15. The molecule has 1 aromatic heterocycles. The summed E-state index contributed by atoms with van der Waals surface area (Å²) in [7, 11) is 0. The highest BCUT2D eigenvalue weighted by atomic mass is 19.4. The zero-order valence-electron chi connectivity index (χ0n) is 17.4. The molecule has 3 aromatic rings. The molecule has 0 aliphatic carbocycles. The van der Waals surface area contributed by atoms with Gasteiger partial charge in [0.2, 0.25) is 11.3 Å². The molecule has 0 saturated heterocycles. The fourth-order valence-corrected chi connectivity index (χ4v) is 3.02. The van der Waals surface area contributed by atoms with Crippen LogP contribution in [0.2, 0.25) is 0 Å². The number of amides is 2. The Morgan fingerprint density at radius 2 is 1.69 bits per heavy atom. The van der Waals surface area contributed by atoms with Crippen LogP contribution in [0.25, 0.3) is 5.69 Å². The van der Waals surface area contributed by atoms with E-state index in [1.165, 1.54) is 26.0 Å². The second-order valence-electron chi connectivity index (χ2n) is 7.14. The Hall–Kier alpha value is -3.95. The van der Waals surface area contributed by atoms with Gasteiger partial charge in [-0.1, -0.05) is 12.1 Å². The summed E-state index contributed by atoms with van der Waals surface area (Å²) in [5, 5.41) is 9.12. The molecule has 2 aromatic carbocycles. The molecule has 0 unspecified atom stereocenters. The Bertz CT molecular complexity index is 1270. The average molecular weight is 444 g/mol. The molecule has 0 saturated carbocycles. The van der Waals surface area contributed by atoms with Gasteiger partial charge in [0.05, 0.1) is 22.6 Å². The number of benzene rings is 2. The molecule has 2 N–H and O–H groups in total. The molecule has 2 amide bonds. The molecule has 0 atom stereocenters. The number of rotatable bonds is 4. The van der Waals surface area contributed by atoms with Gasteiger partial charge >= 0.3 is 6.18 Å². The van der Waals surface area contributed by atoms with Crippen LogP contribution in [0.15, 0.2) is 53.3 Å². The average Bonchev–Trinajstić information content (AvgIpc) is 2.69. The smallest absolute Gasteiger partial charge is 0.325 e. The summed E-state index contributed by atoms with van der Waals surface area (Å²) >= 11 is 0. The molecule has 10 heteroatoms. The first kappa shape index (κ1) is 22.7. The third-order valence-corrected chi connectivity index (χ3v) is 4.47. The molecule has 166 valence electrons. The number of hydrogen-bond acceptors (Lipinski definition) is 4. The van der Waals surface area contributed by atoms with Gasteiger partial charge in [-0.15, -0.1) is 0 Å². The second kappa shape index (κ2) is 8.66. The van der Waals surface area contributed by atoms with Gasteiger partial charge in [-0.2, -0.15) is 18.3 Å². The second-order valence-corrected chi connectivity index (χ2v) is 7.14. The normalized spacial score (nSPS) is 11.2. The summed E-state index contributed by atoms with van der Waals surface area (Å²) in [5.74, 6) is -1.22. The number of anilines is 2. The van der Waals surface area contributed by atoms with E-state index in [1.807, 2.05) is 0 Å². The lowest BCUT2D eigenvalue weighted by molar-refractivity contribution is -0.137. The summed E-state index contributed by atoms with van der Waals surface area (Å²) in [6.07, 6.45) is -4.56. The third kappa shape index (κ3) is 5.02. The Labute approximate surface area is 180 Å². The summed E-state index contributed by atoms with van der Waals surface area (Å²) < 4.78 is 40.3. The molecule has 0 fully saturated rings. The molecule has 0 aliphatic rings. The molecule has 0 radical (unpaired) electrons. The number of alkyl halides is 3. The number of halogens is 3. The van der Waals surface area contributed by atoms with E-state index in [2.05, 4.69) is 15.7 Å². The number of aromatic nitrogens is 2. The fraction of sp³-hybridized carbons (Fsp3) is 0.182. The van der Waals surface area contributed by atoms with Crippen LogP contribution in [0.1, 0.15) is 34.2 Å². The van der Waals surface area contributed by atoms with Gasteiger partial charge in [-0.25, -0.2) is 4.68 Å². The van der Waals surface area contributed by atoms with Crippen LogP contribution in [0.5, 0.6) is 0 Å². The Morgan fingerprint density at radius 3 is 2.34 bits per heavy atom. The van der Waals surface area contributed by atoms with E-state index < -0.39 is 28.8 Å².